The van der Waals surface area contributed by atoms with E-state index in [-0.39, 0.29) is 31.0 Å². The molecule has 0 saturated heterocycles. The molecule has 1 aromatic carbocycles. The summed E-state index contributed by atoms with van der Waals surface area (Å²) in [6, 6.07) is 12.0. The van der Waals surface area contributed by atoms with E-state index >= 15 is 0 Å². The molecule has 56 valence electrons. The first-order chi connectivity index (χ1) is 4.73. The van der Waals surface area contributed by atoms with Gasteiger partial charge in [0.05, 0.1) is 0 Å². The standard InChI is InChI=1S/C6H6.CH2O3.Na.H/c1-2-4-6-5-3-1;2-1(3)4;;/h1-6H;(H2,2,3,4);;/q;;+1;-1. The molecular formula is C7H9NaO3. The molecule has 0 radical (unpaired) electrons. The van der Waals surface area contributed by atoms with Gasteiger partial charge in [0.2, 0.25) is 0 Å². The monoisotopic (exact) mass is 164 g/mol. The Hall–Kier alpha value is -0.510. The molecule has 11 heavy (non-hydrogen) atoms. The Morgan fingerprint density at radius 2 is 1.00 bits per heavy atom. The first-order valence-corrected chi connectivity index (χ1v) is 2.65. The zero-order valence-corrected chi connectivity index (χ0v) is 8.27. The van der Waals surface area contributed by atoms with Crippen molar-refractivity contribution in [2.24, 2.45) is 0 Å². The van der Waals surface area contributed by atoms with Gasteiger partial charge in [0, 0.05) is 0 Å². The van der Waals surface area contributed by atoms with Crippen molar-refractivity contribution in [3.8, 4) is 0 Å². The molecule has 1 rings (SSSR count). The normalized spacial score (nSPS) is 6.55. The predicted molar refractivity (Wildman–Crippen MR) is 38.2 cm³/mol. The summed E-state index contributed by atoms with van der Waals surface area (Å²) in [5.41, 5.74) is 0. The molecule has 1 aromatic rings. The minimum Gasteiger partial charge on any atom is -1.00 e. The van der Waals surface area contributed by atoms with E-state index in [1.165, 1.54) is 0 Å². The molecule has 4 heteroatoms. The third-order valence-electron chi connectivity index (χ3n) is 0.667. The number of carbonyl (C=O) groups is 1. The summed E-state index contributed by atoms with van der Waals surface area (Å²) in [6.07, 6.45) is -1.83. The fraction of sp³-hybridized carbons (Fsp3) is 0. The van der Waals surface area contributed by atoms with Crippen LogP contribution in [0.1, 0.15) is 1.43 Å². The molecule has 0 aliphatic rings. The van der Waals surface area contributed by atoms with Gasteiger partial charge in [-0.3, -0.25) is 0 Å². The van der Waals surface area contributed by atoms with E-state index in [1.807, 2.05) is 36.4 Å². The van der Waals surface area contributed by atoms with E-state index in [0.717, 1.165) is 0 Å². The van der Waals surface area contributed by atoms with Gasteiger partial charge in [-0.05, 0) is 0 Å². The summed E-state index contributed by atoms with van der Waals surface area (Å²) in [6.45, 7) is 0. The zero-order chi connectivity index (χ0) is 7.82. The fourth-order valence-corrected chi connectivity index (χ4v) is 0.385. The maximum atomic E-state index is 8.56. The van der Waals surface area contributed by atoms with Crippen LogP contribution in [-0.4, -0.2) is 16.4 Å². The third kappa shape index (κ3) is 17.7. The largest absolute Gasteiger partial charge is 1.00 e. The second-order valence-corrected chi connectivity index (χ2v) is 1.44. The predicted octanol–water partition coefficient (Wildman–Crippen LogP) is -0.974. The van der Waals surface area contributed by atoms with Gasteiger partial charge in [-0.25, -0.2) is 4.79 Å². The van der Waals surface area contributed by atoms with E-state index in [9.17, 15) is 0 Å². The Balaban J connectivity index is -0.000000124. The number of hydrogen-bond acceptors (Lipinski definition) is 1. The van der Waals surface area contributed by atoms with Crippen molar-refractivity contribution in [3.05, 3.63) is 36.4 Å². The fourth-order valence-electron chi connectivity index (χ4n) is 0.385. The topological polar surface area (TPSA) is 57.5 Å². The second-order valence-electron chi connectivity index (χ2n) is 1.44. The molecule has 0 bridgehead atoms. The molecule has 2 N–H and O–H groups in total. The van der Waals surface area contributed by atoms with Gasteiger partial charge in [0.1, 0.15) is 0 Å². The van der Waals surface area contributed by atoms with Crippen LogP contribution >= 0.6 is 0 Å². The number of hydrogen-bond donors (Lipinski definition) is 2. The van der Waals surface area contributed by atoms with Crippen molar-refractivity contribution in [1.82, 2.24) is 0 Å². The van der Waals surface area contributed by atoms with Crippen molar-refractivity contribution in [3.63, 3.8) is 0 Å². The Bertz CT molecular complexity index is 151. The molecule has 3 nitrogen and oxygen atoms in total. The number of benzene rings is 1. The van der Waals surface area contributed by atoms with Crippen LogP contribution in [0.3, 0.4) is 0 Å². The zero-order valence-electron chi connectivity index (χ0n) is 7.27. The van der Waals surface area contributed by atoms with E-state index in [4.69, 9.17) is 15.0 Å². The van der Waals surface area contributed by atoms with E-state index in [1.54, 1.807) is 0 Å². The van der Waals surface area contributed by atoms with Crippen LogP contribution in [0.2, 0.25) is 0 Å². The SMILES string of the molecule is O=C(O)O.[H-].[Na+].c1ccccc1. The molecule has 0 aliphatic heterocycles. The molecule has 0 unspecified atom stereocenters. The quantitative estimate of drug-likeness (QED) is 0.485. The Morgan fingerprint density at radius 3 is 1.09 bits per heavy atom. The summed E-state index contributed by atoms with van der Waals surface area (Å²) in [5.74, 6) is 0. The molecule has 0 saturated carbocycles. The van der Waals surface area contributed by atoms with Crippen LogP contribution in [0.25, 0.3) is 0 Å². The van der Waals surface area contributed by atoms with Crippen molar-refractivity contribution < 1.29 is 46.0 Å². The van der Waals surface area contributed by atoms with Crippen LogP contribution < -0.4 is 29.6 Å². The van der Waals surface area contributed by atoms with Crippen LogP contribution in [0.15, 0.2) is 36.4 Å². The summed E-state index contributed by atoms with van der Waals surface area (Å²) < 4.78 is 0. The Labute approximate surface area is 88.5 Å². The van der Waals surface area contributed by atoms with Crippen molar-refractivity contribution in [1.29, 1.82) is 0 Å². The molecule has 0 atom stereocenters. The minimum atomic E-state index is -1.83. The van der Waals surface area contributed by atoms with Gasteiger partial charge in [-0.1, -0.05) is 36.4 Å². The average molecular weight is 164 g/mol. The molecule has 0 fully saturated rings. The van der Waals surface area contributed by atoms with Crippen molar-refractivity contribution in [2.45, 2.75) is 0 Å². The maximum Gasteiger partial charge on any atom is 1.00 e. The van der Waals surface area contributed by atoms with Crippen LogP contribution in [0.5, 0.6) is 0 Å². The van der Waals surface area contributed by atoms with Crippen molar-refractivity contribution in [2.75, 3.05) is 0 Å². The first kappa shape index (κ1) is 13.1. The van der Waals surface area contributed by atoms with Gasteiger partial charge >= 0.3 is 35.7 Å². The summed E-state index contributed by atoms with van der Waals surface area (Å²) in [4.78, 5) is 8.56. The summed E-state index contributed by atoms with van der Waals surface area (Å²) in [7, 11) is 0. The van der Waals surface area contributed by atoms with Gasteiger partial charge in [-0.15, -0.1) is 0 Å². The van der Waals surface area contributed by atoms with Gasteiger partial charge in [-0.2, -0.15) is 0 Å². The second kappa shape index (κ2) is 9.49. The smallest absolute Gasteiger partial charge is 1.00 e. The molecule has 0 heterocycles. The molecule has 0 spiro atoms. The van der Waals surface area contributed by atoms with Gasteiger partial charge in [0.25, 0.3) is 0 Å². The minimum absolute atomic E-state index is 0. The number of rotatable bonds is 0. The molecule has 0 aromatic heterocycles. The van der Waals surface area contributed by atoms with Crippen LogP contribution in [0, 0.1) is 0 Å². The maximum absolute atomic E-state index is 8.56. The molecular weight excluding hydrogens is 155 g/mol. The average Bonchev–Trinajstić information content (AvgIpc) is 1.90. The first-order valence-electron chi connectivity index (χ1n) is 2.65. The van der Waals surface area contributed by atoms with E-state index < -0.39 is 6.16 Å². The third-order valence-corrected chi connectivity index (χ3v) is 0.667. The number of carboxylic acid groups (broad SMARTS) is 2. The Kier molecular flexibility index (Phi) is 11.3. The van der Waals surface area contributed by atoms with Gasteiger partial charge in [0.15, 0.2) is 0 Å². The molecule has 0 amide bonds. The van der Waals surface area contributed by atoms with E-state index in [0.29, 0.717) is 0 Å². The van der Waals surface area contributed by atoms with Crippen molar-refractivity contribution >= 4 is 6.16 Å². The van der Waals surface area contributed by atoms with Crippen LogP contribution in [-0.2, 0) is 0 Å². The van der Waals surface area contributed by atoms with Gasteiger partial charge < -0.3 is 11.6 Å². The van der Waals surface area contributed by atoms with E-state index in [2.05, 4.69) is 0 Å². The van der Waals surface area contributed by atoms with Crippen LogP contribution in [0.4, 0.5) is 4.79 Å². The Morgan fingerprint density at radius 1 is 0.909 bits per heavy atom. The summed E-state index contributed by atoms with van der Waals surface area (Å²) in [5, 5.41) is 13.9. The molecule has 0 aliphatic carbocycles. The summed E-state index contributed by atoms with van der Waals surface area (Å²) >= 11 is 0.